The number of rotatable bonds is 8. The smallest absolute Gasteiger partial charge is 0.270 e. The SMILES string of the molecule is CCCCn1c(N2CCCC(C)C2)c(/C=C2/SC(=S)N(Cc3ccc(OC)cc3)C2=O)c(C)c(C#N)c1=O. The van der Waals surface area contributed by atoms with Crippen molar-refractivity contribution in [2.45, 2.75) is 59.5 Å². The Labute approximate surface area is 234 Å². The third-order valence-corrected chi connectivity index (χ3v) is 8.56. The predicted molar refractivity (Wildman–Crippen MR) is 157 cm³/mol. The van der Waals surface area contributed by atoms with E-state index >= 15 is 0 Å². The van der Waals surface area contributed by atoms with E-state index in [1.165, 1.54) is 11.8 Å². The Balaban J connectivity index is 1.79. The molecule has 2 aromatic rings. The van der Waals surface area contributed by atoms with Gasteiger partial charge in [-0.25, -0.2) is 0 Å². The van der Waals surface area contributed by atoms with Gasteiger partial charge < -0.3 is 9.64 Å². The number of unbranched alkanes of at least 4 members (excludes halogenated alkanes) is 1. The Morgan fingerprint density at radius 3 is 2.63 bits per heavy atom. The number of thiocarbonyl (C=S) groups is 1. The first kappa shape index (κ1) is 27.9. The molecule has 0 saturated carbocycles. The molecule has 38 heavy (non-hydrogen) atoms. The van der Waals surface area contributed by atoms with Crippen molar-refractivity contribution < 1.29 is 9.53 Å². The van der Waals surface area contributed by atoms with Crippen LogP contribution in [-0.4, -0.2) is 39.9 Å². The minimum Gasteiger partial charge on any atom is -0.497 e. The van der Waals surface area contributed by atoms with Gasteiger partial charge in [-0.2, -0.15) is 5.26 Å². The second-order valence-corrected chi connectivity index (χ2v) is 11.6. The number of pyridine rings is 1. The van der Waals surface area contributed by atoms with Crippen molar-refractivity contribution >= 4 is 46.1 Å². The molecule has 0 N–H and O–H groups in total. The van der Waals surface area contributed by atoms with E-state index in [0.717, 1.165) is 61.5 Å². The largest absolute Gasteiger partial charge is 0.497 e. The summed E-state index contributed by atoms with van der Waals surface area (Å²) in [5.74, 6) is 1.88. The summed E-state index contributed by atoms with van der Waals surface area (Å²) < 4.78 is 7.48. The molecule has 2 aliphatic heterocycles. The number of hydrogen-bond donors (Lipinski definition) is 0. The lowest BCUT2D eigenvalue weighted by molar-refractivity contribution is -0.122. The average Bonchev–Trinajstić information content (AvgIpc) is 3.17. The number of methoxy groups -OCH3 is 1. The number of anilines is 1. The molecule has 1 amide bonds. The summed E-state index contributed by atoms with van der Waals surface area (Å²) in [6, 6.07) is 9.70. The summed E-state index contributed by atoms with van der Waals surface area (Å²) >= 11 is 6.87. The van der Waals surface area contributed by atoms with Gasteiger partial charge in [-0.05, 0) is 61.4 Å². The van der Waals surface area contributed by atoms with Gasteiger partial charge in [-0.3, -0.25) is 19.1 Å². The normalized spacial score (nSPS) is 18.8. The fourth-order valence-corrected chi connectivity index (χ4v) is 6.31. The summed E-state index contributed by atoms with van der Waals surface area (Å²) in [5.41, 5.74) is 2.20. The quantitative estimate of drug-likeness (QED) is 0.318. The van der Waals surface area contributed by atoms with Crippen molar-refractivity contribution in [1.29, 1.82) is 5.26 Å². The molecule has 1 atom stereocenters. The van der Waals surface area contributed by atoms with E-state index in [0.29, 0.717) is 33.8 Å². The maximum Gasteiger partial charge on any atom is 0.270 e. The first-order valence-electron chi connectivity index (χ1n) is 13.1. The molecule has 0 radical (unpaired) electrons. The number of carbonyl (C=O) groups excluding carboxylic acids is 1. The van der Waals surface area contributed by atoms with E-state index in [1.54, 1.807) is 16.6 Å². The Hall–Kier alpha value is -3.09. The number of nitrogens with zero attached hydrogens (tertiary/aromatic N) is 4. The van der Waals surface area contributed by atoms with E-state index in [1.807, 2.05) is 37.3 Å². The van der Waals surface area contributed by atoms with Crippen LogP contribution in [0.4, 0.5) is 5.82 Å². The van der Waals surface area contributed by atoms with Crippen LogP contribution in [0.5, 0.6) is 5.75 Å². The molecule has 0 aliphatic carbocycles. The second kappa shape index (κ2) is 12.2. The van der Waals surface area contributed by atoms with Gasteiger partial charge in [0.2, 0.25) is 0 Å². The van der Waals surface area contributed by atoms with Crippen molar-refractivity contribution in [2.24, 2.45) is 5.92 Å². The fraction of sp³-hybridized carbons (Fsp3) is 0.448. The zero-order valence-corrected chi connectivity index (χ0v) is 24.1. The summed E-state index contributed by atoms with van der Waals surface area (Å²) in [6.45, 7) is 8.68. The summed E-state index contributed by atoms with van der Waals surface area (Å²) in [5, 5.41) is 9.91. The number of ether oxygens (including phenoxy) is 1. The van der Waals surface area contributed by atoms with Gasteiger partial charge in [-0.1, -0.05) is 56.4 Å². The zero-order valence-electron chi connectivity index (χ0n) is 22.5. The Morgan fingerprint density at radius 1 is 1.26 bits per heavy atom. The van der Waals surface area contributed by atoms with E-state index < -0.39 is 0 Å². The van der Waals surface area contributed by atoms with Crippen LogP contribution in [-0.2, 0) is 17.9 Å². The van der Waals surface area contributed by atoms with Crippen LogP contribution in [0.25, 0.3) is 6.08 Å². The standard InChI is InChI=1S/C29H34N4O3S2/c1-5-6-14-32-26(31-13-7-8-19(2)17-31)23(20(3)24(16-30)27(32)34)15-25-28(35)33(29(37)38-25)18-21-9-11-22(36-4)12-10-21/h9-12,15,19H,5-8,13-14,17-18H2,1-4H3/b25-15+. The van der Waals surface area contributed by atoms with Crippen LogP contribution in [0, 0.1) is 24.2 Å². The van der Waals surface area contributed by atoms with Crippen LogP contribution >= 0.6 is 24.0 Å². The molecular formula is C29H34N4O3S2. The molecule has 2 saturated heterocycles. The first-order valence-corrected chi connectivity index (χ1v) is 14.3. The molecule has 4 rings (SSSR count). The summed E-state index contributed by atoms with van der Waals surface area (Å²) in [6.07, 6.45) is 5.78. The van der Waals surface area contributed by atoms with Crippen LogP contribution in [0.2, 0.25) is 0 Å². The Morgan fingerprint density at radius 2 is 2.00 bits per heavy atom. The molecule has 0 spiro atoms. The zero-order chi connectivity index (χ0) is 27.4. The topological polar surface area (TPSA) is 78.6 Å². The number of hydrogen-bond acceptors (Lipinski definition) is 7. The fourth-order valence-electron chi connectivity index (χ4n) is 5.07. The number of amides is 1. The van der Waals surface area contributed by atoms with E-state index in [4.69, 9.17) is 17.0 Å². The molecule has 3 heterocycles. The van der Waals surface area contributed by atoms with E-state index in [-0.39, 0.29) is 17.0 Å². The maximum atomic E-state index is 13.6. The highest BCUT2D eigenvalue weighted by molar-refractivity contribution is 8.26. The van der Waals surface area contributed by atoms with Crippen molar-refractivity contribution in [3.05, 3.63) is 61.8 Å². The number of piperidine rings is 1. The third-order valence-electron chi connectivity index (χ3n) is 7.19. The molecule has 1 aromatic heterocycles. The lowest BCUT2D eigenvalue weighted by Crippen LogP contribution is -2.40. The van der Waals surface area contributed by atoms with Gasteiger partial charge in [0.1, 0.15) is 27.5 Å². The van der Waals surface area contributed by atoms with Gasteiger partial charge in [0.15, 0.2) is 0 Å². The highest BCUT2D eigenvalue weighted by Gasteiger charge is 2.34. The molecule has 2 aliphatic rings. The van der Waals surface area contributed by atoms with Gasteiger partial charge in [-0.15, -0.1) is 0 Å². The minimum atomic E-state index is -0.254. The molecule has 9 heteroatoms. The molecule has 1 unspecified atom stereocenters. The molecule has 2 fully saturated rings. The minimum absolute atomic E-state index is 0.134. The Kier molecular flexibility index (Phi) is 8.95. The lowest BCUT2D eigenvalue weighted by atomic mass is 9.98. The van der Waals surface area contributed by atoms with Crippen molar-refractivity contribution in [1.82, 2.24) is 9.47 Å². The van der Waals surface area contributed by atoms with Crippen molar-refractivity contribution in [3.8, 4) is 11.8 Å². The van der Waals surface area contributed by atoms with Gasteiger partial charge in [0.25, 0.3) is 11.5 Å². The number of nitriles is 1. The van der Waals surface area contributed by atoms with Crippen molar-refractivity contribution in [3.63, 3.8) is 0 Å². The number of aromatic nitrogens is 1. The molecule has 0 bridgehead atoms. The van der Waals surface area contributed by atoms with Crippen molar-refractivity contribution in [2.75, 3.05) is 25.1 Å². The monoisotopic (exact) mass is 550 g/mol. The van der Waals surface area contributed by atoms with Crippen LogP contribution < -0.4 is 15.2 Å². The third kappa shape index (κ3) is 5.67. The first-order chi connectivity index (χ1) is 18.3. The van der Waals surface area contributed by atoms with Gasteiger partial charge in [0.05, 0.1) is 18.6 Å². The number of benzene rings is 1. The highest BCUT2D eigenvalue weighted by atomic mass is 32.2. The average molecular weight is 551 g/mol. The second-order valence-electron chi connectivity index (χ2n) is 9.97. The maximum absolute atomic E-state index is 13.6. The lowest BCUT2D eigenvalue weighted by Gasteiger charge is -2.36. The summed E-state index contributed by atoms with van der Waals surface area (Å²) in [4.78, 5) is 31.4. The van der Waals surface area contributed by atoms with E-state index in [9.17, 15) is 14.9 Å². The van der Waals surface area contributed by atoms with E-state index in [2.05, 4.69) is 24.8 Å². The van der Waals surface area contributed by atoms with Crippen LogP contribution in [0.15, 0.2) is 34.0 Å². The Bertz CT molecular complexity index is 1360. The molecular weight excluding hydrogens is 516 g/mol. The van der Waals surface area contributed by atoms with Gasteiger partial charge >= 0.3 is 0 Å². The number of thioether (sulfide) groups is 1. The summed E-state index contributed by atoms with van der Waals surface area (Å²) in [7, 11) is 1.62. The predicted octanol–water partition coefficient (Wildman–Crippen LogP) is 5.47. The molecule has 7 nitrogen and oxygen atoms in total. The molecule has 200 valence electrons. The highest BCUT2D eigenvalue weighted by Crippen LogP contribution is 2.37. The number of carbonyl (C=O) groups is 1. The van der Waals surface area contributed by atoms with Gasteiger partial charge in [0, 0.05) is 25.2 Å². The van der Waals surface area contributed by atoms with Crippen LogP contribution in [0.3, 0.4) is 0 Å². The van der Waals surface area contributed by atoms with Crippen LogP contribution in [0.1, 0.15) is 61.8 Å². The molecule has 1 aromatic carbocycles.